The van der Waals surface area contributed by atoms with E-state index in [1.54, 1.807) is 13.3 Å². The number of halogens is 1. The van der Waals surface area contributed by atoms with Crippen molar-refractivity contribution in [3.8, 4) is 11.5 Å². The molecule has 0 aliphatic heterocycles. The number of benzene rings is 1. The van der Waals surface area contributed by atoms with Gasteiger partial charge in [0.15, 0.2) is 11.5 Å². The topological polar surface area (TPSA) is 59.9 Å². The van der Waals surface area contributed by atoms with Crippen molar-refractivity contribution in [2.45, 2.75) is 39.5 Å². The molecule has 0 radical (unpaired) electrons. The van der Waals surface area contributed by atoms with E-state index in [-0.39, 0.29) is 17.2 Å². The van der Waals surface area contributed by atoms with Crippen molar-refractivity contribution >= 4 is 28.1 Å². The first-order valence-electron chi connectivity index (χ1n) is 8.84. The summed E-state index contributed by atoms with van der Waals surface area (Å²) >= 11 is 3.49. The highest BCUT2D eigenvalue weighted by atomic mass is 79.9. The van der Waals surface area contributed by atoms with Gasteiger partial charge in [0.25, 0.3) is 0 Å². The predicted molar refractivity (Wildman–Crippen MR) is 101 cm³/mol. The van der Waals surface area contributed by atoms with Crippen LogP contribution in [0.5, 0.6) is 11.5 Å². The van der Waals surface area contributed by atoms with E-state index in [2.05, 4.69) is 33.4 Å². The minimum Gasteiger partial charge on any atom is -0.493 e. The largest absolute Gasteiger partial charge is 0.493 e. The van der Waals surface area contributed by atoms with Crippen LogP contribution in [0, 0.1) is 17.3 Å². The minimum absolute atomic E-state index is 0.0441. The molecule has 1 amide bonds. The van der Waals surface area contributed by atoms with Gasteiger partial charge in [-0.15, -0.1) is 0 Å². The van der Waals surface area contributed by atoms with Crippen LogP contribution >= 0.6 is 15.9 Å². The number of hydrogen-bond donors (Lipinski definition) is 1. The Morgan fingerprint density at radius 1 is 1.48 bits per heavy atom. The minimum atomic E-state index is 0.0441. The maximum Gasteiger partial charge on any atom is 0.244 e. The summed E-state index contributed by atoms with van der Waals surface area (Å²) in [7, 11) is 1.60. The van der Waals surface area contributed by atoms with E-state index in [4.69, 9.17) is 9.47 Å². The Morgan fingerprint density at radius 2 is 2.28 bits per heavy atom. The average molecular weight is 409 g/mol. The molecule has 3 rings (SSSR count). The summed E-state index contributed by atoms with van der Waals surface area (Å²) < 4.78 is 11.7. The van der Waals surface area contributed by atoms with Crippen LogP contribution in [-0.2, 0) is 4.79 Å². The number of ether oxygens (including phenoxy) is 2. The Labute approximate surface area is 157 Å². The Hall–Kier alpha value is -1.56. The lowest BCUT2D eigenvalue weighted by atomic mass is 9.90. The van der Waals surface area contributed by atoms with Gasteiger partial charge in [-0.3, -0.25) is 4.79 Å². The van der Waals surface area contributed by atoms with Gasteiger partial charge < -0.3 is 9.47 Å². The Kier molecular flexibility index (Phi) is 5.37. The number of carbonyl (C=O) groups excluding carboxylic acids is 1. The number of nitrogens with one attached hydrogen (secondary N) is 1. The highest BCUT2D eigenvalue weighted by Gasteiger charge is 2.64. The van der Waals surface area contributed by atoms with Crippen LogP contribution in [0.3, 0.4) is 0 Å². The lowest BCUT2D eigenvalue weighted by Gasteiger charge is -2.15. The Bertz CT molecular complexity index is 691. The molecule has 6 heteroatoms. The van der Waals surface area contributed by atoms with Gasteiger partial charge in [-0.2, -0.15) is 5.10 Å². The van der Waals surface area contributed by atoms with Crippen LogP contribution in [0.15, 0.2) is 21.7 Å². The normalized spacial score (nSPS) is 27.7. The van der Waals surface area contributed by atoms with Crippen LogP contribution in [-0.4, -0.2) is 25.8 Å². The number of hydrogen-bond acceptors (Lipinski definition) is 4. The number of methoxy groups -OCH3 is 1. The standard InChI is InChI=1S/C19H25BrN2O3/c1-4-25-17-14(20)9-12(10-15(17)24-3)11-21-22-18(23)16-13-7-5-6-8-19(13,16)2/h9-11,13,16H,4-8H2,1-3H3,(H,22,23)/b21-11-/t13-,16+,19-/m0/s1. The molecule has 2 aliphatic carbocycles. The molecule has 3 atom stereocenters. The van der Waals surface area contributed by atoms with Gasteiger partial charge in [-0.25, -0.2) is 5.43 Å². The summed E-state index contributed by atoms with van der Waals surface area (Å²) in [4.78, 5) is 12.4. The summed E-state index contributed by atoms with van der Waals surface area (Å²) in [6.07, 6.45) is 6.44. The van der Waals surface area contributed by atoms with Crippen LogP contribution in [0.1, 0.15) is 45.1 Å². The highest BCUT2D eigenvalue weighted by Crippen LogP contribution is 2.66. The van der Waals surface area contributed by atoms with Gasteiger partial charge in [0.1, 0.15) is 0 Å². The van der Waals surface area contributed by atoms with Gasteiger partial charge in [0.2, 0.25) is 5.91 Å². The third kappa shape index (κ3) is 3.54. The second-order valence-corrected chi connectivity index (χ2v) is 7.89. The number of nitrogens with zero attached hydrogens (tertiary/aromatic N) is 1. The summed E-state index contributed by atoms with van der Waals surface area (Å²) in [5.41, 5.74) is 3.74. The quantitative estimate of drug-likeness (QED) is 0.568. The highest BCUT2D eigenvalue weighted by molar-refractivity contribution is 9.10. The van der Waals surface area contributed by atoms with E-state index in [0.29, 0.717) is 24.0 Å². The molecular formula is C19H25BrN2O3. The van der Waals surface area contributed by atoms with Crippen LogP contribution in [0.25, 0.3) is 0 Å². The van der Waals surface area contributed by atoms with Gasteiger partial charge in [0, 0.05) is 5.92 Å². The Balaban J connectivity index is 1.64. The first kappa shape index (κ1) is 18.2. The summed E-state index contributed by atoms with van der Waals surface area (Å²) in [6.45, 7) is 4.71. The third-order valence-electron chi connectivity index (χ3n) is 5.54. The van der Waals surface area contributed by atoms with Gasteiger partial charge in [-0.1, -0.05) is 19.8 Å². The Morgan fingerprint density at radius 3 is 2.92 bits per heavy atom. The van der Waals surface area contributed by atoms with Crippen LogP contribution in [0.4, 0.5) is 0 Å². The van der Waals surface area contributed by atoms with E-state index in [0.717, 1.165) is 16.5 Å². The number of hydrazone groups is 1. The van der Waals surface area contributed by atoms with Crippen molar-refractivity contribution in [3.63, 3.8) is 0 Å². The number of fused-ring (bicyclic) bond motifs is 1. The second kappa shape index (κ2) is 7.36. The van der Waals surface area contributed by atoms with Crippen molar-refractivity contribution in [2.75, 3.05) is 13.7 Å². The van der Waals surface area contributed by atoms with Crippen LogP contribution < -0.4 is 14.9 Å². The molecule has 2 saturated carbocycles. The summed E-state index contributed by atoms with van der Waals surface area (Å²) in [6, 6.07) is 3.73. The predicted octanol–water partition coefficient (Wildman–Crippen LogP) is 4.13. The SMILES string of the molecule is CCOc1c(Br)cc(/C=N\NC(=O)[C@H]2[C@@H]3CCCC[C@@]32C)cc1OC. The monoisotopic (exact) mass is 408 g/mol. The van der Waals surface area contributed by atoms with Crippen molar-refractivity contribution < 1.29 is 14.3 Å². The molecule has 0 unspecified atom stereocenters. The average Bonchev–Trinajstić information content (AvgIpc) is 3.22. The van der Waals surface area contributed by atoms with E-state index in [9.17, 15) is 4.79 Å². The van der Waals surface area contributed by atoms with E-state index in [1.165, 1.54) is 19.3 Å². The van der Waals surface area contributed by atoms with E-state index >= 15 is 0 Å². The molecule has 0 bridgehead atoms. The zero-order valence-corrected chi connectivity index (χ0v) is 16.6. The van der Waals surface area contributed by atoms with Gasteiger partial charge in [0.05, 0.1) is 24.4 Å². The lowest BCUT2D eigenvalue weighted by molar-refractivity contribution is -0.123. The molecule has 136 valence electrons. The van der Waals surface area contributed by atoms with E-state index in [1.807, 2.05) is 19.1 Å². The second-order valence-electron chi connectivity index (χ2n) is 7.04. The molecule has 0 heterocycles. The molecule has 2 aliphatic rings. The van der Waals surface area contributed by atoms with Crippen molar-refractivity contribution in [1.82, 2.24) is 5.43 Å². The summed E-state index contributed by atoms with van der Waals surface area (Å²) in [5.74, 6) is 2.00. The number of rotatable bonds is 6. The zero-order valence-electron chi connectivity index (χ0n) is 15.0. The van der Waals surface area contributed by atoms with Crippen molar-refractivity contribution in [3.05, 3.63) is 22.2 Å². The van der Waals surface area contributed by atoms with Gasteiger partial charge in [-0.05, 0) is 64.7 Å². The molecule has 5 nitrogen and oxygen atoms in total. The maximum absolute atomic E-state index is 12.4. The molecule has 0 saturated heterocycles. The molecule has 25 heavy (non-hydrogen) atoms. The molecule has 0 aromatic heterocycles. The maximum atomic E-state index is 12.4. The fraction of sp³-hybridized carbons (Fsp3) is 0.579. The van der Waals surface area contributed by atoms with Gasteiger partial charge >= 0.3 is 0 Å². The zero-order chi connectivity index (χ0) is 18.0. The molecule has 1 N–H and O–H groups in total. The van der Waals surface area contributed by atoms with Crippen molar-refractivity contribution in [2.24, 2.45) is 22.4 Å². The number of amides is 1. The number of carbonyl (C=O) groups is 1. The molecule has 1 aromatic carbocycles. The smallest absolute Gasteiger partial charge is 0.244 e. The fourth-order valence-corrected chi connectivity index (χ4v) is 4.76. The first-order valence-corrected chi connectivity index (χ1v) is 9.63. The molecule has 0 spiro atoms. The van der Waals surface area contributed by atoms with Crippen molar-refractivity contribution in [1.29, 1.82) is 0 Å². The molecule has 1 aromatic rings. The lowest BCUT2D eigenvalue weighted by Crippen LogP contribution is -2.22. The molecular weight excluding hydrogens is 384 g/mol. The fourth-order valence-electron chi connectivity index (χ4n) is 4.19. The molecule has 2 fully saturated rings. The van der Waals surface area contributed by atoms with Crippen LogP contribution in [0.2, 0.25) is 0 Å². The van der Waals surface area contributed by atoms with E-state index < -0.39 is 0 Å². The first-order chi connectivity index (χ1) is 12.0. The third-order valence-corrected chi connectivity index (χ3v) is 6.13. The summed E-state index contributed by atoms with van der Waals surface area (Å²) in [5, 5.41) is 4.14.